The third-order valence-electron chi connectivity index (χ3n) is 5.56. The zero-order valence-electron chi connectivity index (χ0n) is 13.3. The summed E-state index contributed by atoms with van der Waals surface area (Å²) >= 11 is 0. The zero-order valence-corrected chi connectivity index (χ0v) is 13.3. The molecule has 1 nitrogen and oxygen atoms in total. The number of fused-ring (bicyclic) bond motifs is 1. The van der Waals surface area contributed by atoms with Crippen LogP contribution < -0.4 is 0 Å². The molecule has 0 saturated heterocycles. The highest BCUT2D eigenvalue weighted by molar-refractivity contribution is 5.62. The van der Waals surface area contributed by atoms with Crippen LogP contribution in [-0.4, -0.2) is 0 Å². The Morgan fingerprint density at radius 3 is 1.79 bits per heavy atom. The zero-order chi connectivity index (χ0) is 16.0. The molecule has 3 aromatic rings. The molecule has 1 aliphatic carbocycles. The molecule has 116 valence electrons. The van der Waals surface area contributed by atoms with E-state index < -0.39 is 0 Å². The van der Waals surface area contributed by atoms with Crippen molar-refractivity contribution in [2.45, 2.75) is 16.9 Å². The van der Waals surface area contributed by atoms with Crippen LogP contribution in [0.4, 0.5) is 0 Å². The van der Waals surface area contributed by atoms with Gasteiger partial charge in [0.15, 0.2) is 5.60 Å². The first-order valence-corrected chi connectivity index (χ1v) is 8.41. The van der Waals surface area contributed by atoms with Crippen LogP contribution >= 0.6 is 0 Å². The van der Waals surface area contributed by atoms with E-state index in [1.165, 1.54) is 16.7 Å². The van der Waals surface area contributed by atoms with Gasteiger partial charge in [0.25, 0.3) is 0 Å². The molecule has 0 amide bonds. The molecule has 1 saturated carbocycles. The van der Waals surface area contributed by atoms with Gasteiger partial charge in [-0.1, -0.05) is 91.0 Å². The summed E-state index contributed by atoms with van der Waals surface area (Å²) in [5.41, 5.74) is 3.42. The summed E-state index contributed by atoms with van der Waals surface area (Å²) in [6, 6.07) is 32.1. The minimum Gasteiger partial charge on any atom is -0.488 e. The van der Waals surface area contributed by atoms with E-state index in [0.29, 0.717) is 5.92 Å². The minimum atomic E-state index is -0.336. The molecule has 1 aliphatic heterocycles. The van der Waals surface area contributed by atoms with E-state index in [4.69, 9.17) is 4.74 Å². The first kappa shape index (κ1) is 13.6. The molecular weight excluding hydrogens is 292 g/mol. The molecule has 0 aromatic heterocycles. The number of hydrogen-bond acceptors (Lipinski definition) is 1. The van der Waals surface area contributed by atoms with Crippen molar-refractivity contribution in [1.82, 2.24) is 0 Å². The topological polar surface area (TPSA) is 9.23 Å². The van der Waals surface area contributed by atoms with Gasteiger partial charge in [-0.15, -0.1) is 0 Å². The third kappa shape index (κ3) is 1.54. The number of benzene rings is 3. The standard InChI is InChI=1S/C23H18O/c1-4-10-18(11-5-1)21-22(19-12-6-2-7-13-19)16-17-24-23(21,22)20-14-8-3-9-15-20/h1-17,21H/t21?,22-,23-/m1/s1. The van der Waals surface area contributed by atoms with Crippen LogP contribution in [0.25, 0.3) is 0 Å². The Morgan fingerprint density at radius 1 is 0.625 bits per heavy atom. The average Bonchev–Trinajstić information content (AvgIpc) is 3.08. The Kier molecular flexibility index (Phi) is 2.75. The summed E-state index contributed by atoms with van der Waals surface area (Å²) < 4.78 is 6.34. The molecule has 5 rings (SSSR count). The number of rotatable bonds is 3. The third-order valence-corrected chi connectivity index (χ3v) is 5.56. The molecule has 3 atom stereocenters. The van der Waals surface area contributed by atoms with Crippen LogP contribution in [0.15, 0.2) is 103 Å². The van der Waals surface area contributed by atoms with Crippen molar-refractivity contribution in [3.63, 3.8) is 0 Å². The monoisotopic (exact) mass is 310 g/mol. The van der Waals surface area contributed by atoms with Crippen molar-refractivity contribution in [1.29, 1.82) is 0 Å². The van der Waals surface area contributed by atoms with E-state index in [2.05, 4.69) is 97.1 Å². The smallest absolute Gasteiger partial charge is 0.155 e. The second-order valence-corrected chi connectivity index (χ2v) is 6.60. The van der Waals surface area contributed by atoms with Crippen molar-refractivity contribution in [3.05, 3.63) is 120 Å². The Bertz CT molecular complexity index is 885. The average molecular weight is 310 g/mol. The summed E-state index contributed by atoms with van der Waals surface area (Å²) in [7, 11) is 0. The lowest BCUT2D eigenvalue weighted by atomic mass is 9.88. The molecule has 1 unspecified atom stereocenters. The highest BCUT2D eigenvalue weighted by Gasteiger charge is 2.81. The van der Waals surface area contributed by atoms with Crippen LogP contribution in [0.1, 0.15) is 22.6 Å². The predicted molar refractivity (Wildman–Crippen MR) is 95.6 cm³/mol. The first-order valence-electron chi connectivity index (χ1n) is 8.41. The van der Waals surface area contributed by atoms with Gasteiger partial charge < -0.3 is 4.74 Å². The van der Waals surface area contributed by atoms with Crippen molar-refractivity contribution in [3.8, 4) is 0 Å². The highest BCUT2D eigenvalue weighted by Crippen LogP contribution is 2.78. The van der Waals surface area contributed by atoms with Gasteiger partial charge in [0.1, 0.15) is 0 Å². The fourth-order valence-electron chi connectivity index (χ4n) is 4.60. The fraction of sp³-hybridized carbons (Fsp3) is 0.130. The quantitative estimate of drug-likeness (QED) is 0.649. The maximum Gasteiger partial charge on any atom is 0.155 e. The molecule has 1 heteroatoms. The van der Waals surface area contributed by atoms with Gasteiger partial charge in [-0.2, -0.15) is 0 Å². The van der Waals surface area contributed by atoms with Crippen molar-refractivity contribution in [2.24, 2.45) is 0 Å². The van der Waals surface area contributed by atoms with Gasteiger partial charge in [0.2, 0.25) is 0 Å². The van der Waals surface area contributed by atoms with Crippen molar-refractivity contribution in [2.75, 3.05) is 0 Å². The summed E-state index contributed by atoms with van der Waals surface area (Å²) in [6.45, 7) is 0. The Morgan fingerprint density at radius 2 is 1.17 bits per heavy atom. The van der Waals surface area contributed by atoms with Gasteiger partial charge in [0, 0.05) is 5.92 Å². The van der Waals surface area contributed by atoms with E-state index in [9.17, 15) is 0 Å². The first-order chi connectivity index (χ1) is 11.9. The molecule has 0 spiro atoms. The maximum atomic E-state index is 6.34. The van der Waals surface area contributed by atoms with E-state index >= 15 is 0 Å². The molecule has 1 heterocycles. The Labute approximate surface area is 142 Å². The second-order valence-electron chi connectivity index (χ2n) is 6.60. The molecule has 24 heavy (non-hydrogen) atoms. The molecule has 0 bridgehead atoms. The molecule has 2 aliphatic rings. The molecule has 0 radical (unpaired) electrons. The molecule has 1 fully saturated rings. The predicted octanol–water partition coefficient (Wildman–Crippen LogP) is 5.16. The Balaban J connectivity index is 1.75. The molecule has 3 aromatic carbocycles. The van der Waals surface area contributed by atoms with Crippen molar-refractivity contribution >= 4 is 0 Å². The fourth-order valence-corrected chi connectivity index (χ4v) is 4.60. The van der Waals surface area contributed by atoms with E-state index in [1.807, 2.05) is 6.26 Å². The van der Waals surface area contributed by atoms with Gasteiger partial charge in [0.05, 0.1) is 11.7 Å². The summed E-state index contributed by atoms with van der Waals surface area (Å²) in [5, 5.41) is 0. The lowest BCUT2D eigenvalue weighted by molar-refractivity contribution is 0.116. The maximum absolute atomic E-state index is 6.34. The van der Waals surface area contributed by atoms with E-state index in [-0.39, 0.29) is 11.0 Å². The van der Waals surface area contributed by atoms with Gasteiger partial charge in [-0.05, 0) is 22.8 Å². The van der Waals surface area contributed by atoms with Crippen LogP contribution in [-0.2, 0) is 15.8 Å². The van der Waals surface area contributed by atoms with Crippen LogP contribution in [0, 0.1) is 0 Å². The van der Waals surface area contributed by atoms with Crippen LogP contribution in [0.5, 0.6) is 0 Å². The van der Waals surface area contributed by atoms with Gasteiger partial charge in [-0.3, -0.25) is 0 Å². The SMILES string of the molecule is C1=C[C@@]2(c3ccccc3)C(c3ccccc3)[C@@]2(c2ccccc2)O1. The van der Waals surface area contributed by atoms with Crippen LogP contribution in [0.3, 0.4) is 0 Å². The lowest BCUT2D eigenvalue weighted by Gasteiger charge is -2.18. The highest BCUT2D eigenvalue weighted by atomic mass is 16.5. The number of hydrogen-bond donors (Lipinski definition) is 0. The van der Waals surface area contributed by atoms with Crippen molar-refractivity contribution < 1.29 is 4.74 Å². The normalized spacial score (nSPS) is 29.8. The Hall–Kier alpha value is -2.80. The minimum absolute atomic E-state index is 0.128. The lowest BCUT2D eigenvalue weighted by Crippen LogP contribution is -2.18. The van der Waals surface area contributed by atoms with Gasteiger partial charge >= 0.3 is 0 Å². The second kappa shape index (κ2) is 4.85. The largest absolute Gasteiger partial charge is 0.488 e. The van der Waals surface area contributed by atoms with E-state index in [1.54, 1.807) is 0 Å². The number of ether oxygens (including phenoxy) is 1. The summed E-state index contributed by atoms with van der Waals surface area (Å²) in [4.78, 5) is 0. The summed E-state index contributed by atoms with van der Waals surface area (Å²) in [5.74, 6) is 0.293. The van der Waals surface area contributed by atoms with Gasteiger partial charge in [-0.25, -0.2) is 0 Å². The molecule has 0 N–H and O–H groups in total. The molecular formula is C23H18O. The van der Waals surface area contributed by atoms with E-state index in [0.717, 1.165) is 0 Å². The van der Waals surface area contributed by atoms with Crippen LogP contribution in [0.2, 0.25) is 0 Å². The summed E-state index contributed by atoms with van der Waals surface area (Å²) in [6.07, 6.45) is 4.15.